The number of likely N-dealkylation sites (N-methyl/N-ethyl adjacent to an activating group) is 1. The molecule has 2 amide bonds. The molecule has 0 aromatic heterocycles. The summed E-state index contributed by atoms with van der Waals surface area (Å²) in [5.41, 5.74) is 5.02. The first kappa shape index (κ1) is 22.4. The number of imide groups is 1. The molecule has 35 heavy (non-hydrogen) atoms. The lowest BCUT2D eigenvalue weighted by atomic mass is 9.79. The second kappa shape index (κ2) is 9.15. The molecule has 2 aromatic carbocycles. The number of carbonyl (C=O) groups excluding carboxylic acids is 2. The van der Waals surface area contributed by atoms with Crippen molar-refractivity contribution in [3.05, 3.63) is 66.2 Å². The monoisotopic (exact) mass is 470 g/mol. The highest BCUT2D eigenvalue weighted by atomic mass is 16.2. The molecule has 1 aliphatic carbocycles. The fourth-order valence-corrected chi connectivity index (χ4v) is 6.54. The number of piperazine rings is 1. The number of likely N-dealkylation sites (tertiary alicyclic amines) is 1. The molecule has 2 fully saturated rings. The van der Waals surface area contributed by atoms with Crippen LogP contribution in [0, 0.1) is 11.8 Å². The predicted molar refractivity (Wildman–Crippen MR) is 139 cm³/mol. The second-order valence-corrected chi connectivity index (χ2v) is 10.4. The molecule has 3 aliphatic heterocycles. The van der Waals surface area contributed by atoms with E-state index in [2.05, 4.69) is 64.2 Å². The van der Waals surface area contributed by atoms with Crippen molar-refractivity contribution in [2.24, 2.45) is 11.8 Å². The summed E-state index contributed by atoms with van der Waals surface area (Å²) in [6.45, 7) is 5.56. The number of benzene rings is 2. The summed E-state index contributed by atoms with van der Waals surface area (Å²) in [5, 5.41) is 0. The predicted octanol–water partition coefficient (Wildman–Crippen LogP) is 3.50. The van der Waals surface area contributed by atoms with E-state index in [4.69, 9.17) is 0 Å². The van der Waals surface area contributed by atoms with Crippen molar-refractivity contribution in [3.8, 4) is 0 Å². The first-order valence-corrected chi connectivity index (χ1v) is 13.0. The number of para-hydroxylation sites is 2. The molecule has 6 heteroatoms. The Bertz CT molecular complexity index is 1150. The summed E-state index contributed by atoms with van der Waals surface area (Å²) in [7, 11) is 2.18. The molecule has 182 valence electrons. The van der Waals surface area contributed by atoms with Crippen molar-refractivity contribution in [1.29, 1.82) is 0 Å². The van der Waals surface area contributed by atoms with E-state index in [9.17, 15) is 9.59 Å². The largest absolute Gasteiger partial charge is 0.371 e. The third kappa shape index (κ3) is 4.04. The fourth-order valence-electron chi connectivity index (χ4n) is 6.54. The van der Waals surface area contributed by atoms with E-state index >= 15 is 0 Å². The van der Waals surface area contributed by atoms with Crippen LogP contribution in [0.4, 0.5) is 11.4 Å². The lowest BCUT2D eigenvalue weighted by molar-refractivity contribution is -0.140. The maximum atomic E-state index is 13.2. The van der Waals surface area contributed by atoms with Crippen LogP contribution >= 0.6 is 0 Å². The number of hydrogen-bond acceptors (Lipinski definition) is 5. The molecule has 3 unspecified atom stereocenters. The minimum absolute atomic E-state index is 0.0388. The molecule has 6 rings (SSSR count). The number of anilines is 2. The van der Waals surface area contributed by atoms with Gasteiger partial charge < -0.3 is 9.80 Å². The van der Waals surface area contributed by atoms with E-state index in [-0.39, 0.29) is 23.7 Å². The van der Waals surface area contributed by atoms with Crippen molar-refractivity contribution in [1.82, 2.24) is 9.80 Å². The van der Waals surface area contributed by atoms with Crippen LogP contribution in [0.15, 0.2) is 60.7 Å². The molecule has 0 radical (unpaired) electrons. The normalized spacial score (nSPS) is 26.4. The molecule has 0 N–H and O–H groups in total. The van der Waals surface area contributed by atoms with E-state index in [1.165, 1.54) is 22.5 Å². The van der Waals surface area contributed by atoms with Gasteiger partial charge in [0.15, 0.2) is 0 Å². The van der Waals surface area contributed by atoms with E-state index in [1.807, 2.05) is 18.2 Å². The minimum Gasteiger partial charge on any atom is -0.371 e. The van der Waals surface area contributed by atoms with Crippen molar-refractivity contribution in [3.63, 3.8) is 0 Å². The number of allylic oxidation sites excluding steroid dienone is 2. The highest BCUT2D eigenvalue weighted by Gasteiger charge is 2.48. The maximum absolute atomic E-state index is 13.2. The number of fused-ring (bicyclic) bond motifs is 4. The number of nitrogens with zero attached hydrogens (tertiary/aromatic N) is 4. The van der Waals surface area contributed by atoms with Gasteiger partial charge in [0.25, 0.3) is 0 Å². The molecule has 0 bridgehead atoms. The van der Waals surface area contributed by atoms with E-state index in [0.29, 0.717) is 25.4 Å². The van der Waals surface area contributed by atoms with Gasteiger partial charge in [0.2, 0.25) is 11.8 Å². The smallest absolute Gasteiger partial charge is 0.233 e. The Labute approximate surface area is 207 Å². The zero-order chi connectivity index (χ0) is 23.9. The van der Waals surface area contributed by atoms with Crippen LogP contribution in [-0.2, 0) is 9.59 Å². The third-order valence-corrected chi connectivity index (χ3v) is 8.36. The number of rotatable bonds is 5. The van der Waals surface area contributed by atoms with Crippen LogP contribution in [0.5, 0.6) is 0 Å². The summed E-state index contributed by atoms with van der Waals surface area (Å²) in [4.78, 5) is 35.3. The topological polar surface area (TPSA) is 47.1 Å². The molecule has 3 heterocycles. The Balaban J connectivity index is 1.04. The van der Waals surface area contributed by atoms with Crippen LogP contribution in [0.25, 0.3) is 5.57 Å². The van der Waals surface area contributed by atoms with Gasteiger partial charge in [-0.25, -0.2) is 0 Å². The Morgan fingerprint density at radius 3 is 2.40 bits per heavy atom. The first-order valence-electron chi connectivity index (χ1n) is 13.0. The van der Waals surface area contributed by atoms with Gasteiger partial charge in [0.1, 0.15) is 0 Å². The van der Waals surface area contributed by atoms with Crippen LogP contribution in [0.3, 0.4) is 0 Å². The Morgan fingerprint density at radius 2 is 1.57 bits per heavy atom. The van der Waals surface area contributed by atoms with E-state index in [0.717, 1.165) is 39.1 Å². The van der Waals surface area contributed by atoms with Crippen molar-refractivity contribution < 1.29 is 9.59 Å². The molecular weight excluding hydrogens is 436 g/mol. The van der Waals surface area contributed by atoms with Crippen LogP contribution in [0.1, 0.15) is 24.8 Å². The molecule has 2 saturated heterocycles. The number of carbonyl (C=O) groups is 2. The zero-order valence-corrected chi connectivity index (χ0v) is 20.5. The van der Waals surface area contributed by atoms with Gasteiger partial charge >= 0.3 is 0 Å². The Hall–Kier alpha value is -3.12. The number of hydrogen-bond donors (Lipinski definition) is 0. The van der Waals surface area contributed by atoms with Crippen molar-refractivity contribution in [2.45, 2.75) is 25.3 Å². The molecular formula is C29H34N4O2. The molecule has 0 saturated carbocycles. The van der Waals surface area contributed by atoms with Gasteiger partial charge in [-0.3, -0.25) is 19.4 Å². The fraction of sp³-hybridized carbons (Fsp3) is 0.448. The Kier molecular flexibility index (Phi) is 5.85. The molecule has 6 nitrogen and oxygen atoms in total. The van der Waals surface area contributed by atoms with Crippen LogP contribution < -0.4 is 9.80 Å². The summed E-state index contributed by atoms with van der Waals surface area (Å²) in [5.74, 6) is -0.281. The third-order valence-electron chi connectivity index (χ3n) is 8.36. The van der Waals surface area contributed by atoms with Crippen molar-refractivity contribution >= 4 is 28.8 Å². The lowest BCUT2D eigenvalue weighted by Gasteiger charge is -2.49. The summed E-state index contributed by atoms with van der Waals surface area (Å²) >= 11 is 0. The van der Waals surface area contributed by atoms with Gasteiger partial charge in [-0.1, -0.05) is 48.5 Å². The van der Waals surface area contributed by atoms with Crippen molar-refractivity contribution in [2.75, 3.05) is 56.1 Å². The van der Waals surface area contributed by atoms with Gasteiger partial charge in [-0.05, 0) is 49.1 Å². The summed E-state index contributed by atoms with van der Waals surface area (Å²) in [6, 6.07) is 19.4. The second-order valence-electron chi connectivity index (χ2n) is 10.4. The average Bonchev–Trinajstić information content (AvgIpc) is 3.13. The van der Waals surface area contributed by atoms with Gasteiger partial charge in [0.05, 0.1) is 29.3 Å². The minimum atomic E-state index is -0.191. The zero-order valence-electron chi connectivity index (χ0n) is 20.5. The van der Waals surface area contributed by atoms with Gasteiger partial charge in [0, 0.05) is 39.8 Å². The van der Waals surface area contributed by atoms with Gasteiger partial charge in [-0.2, -0.15) is 0 Å². The van der Waals surface area contributed by atoms with E-state index in [1.54, 1.807) is 4.90 Å². The number of amides is 2. The molecule has 3 atom stereocenters. The SMILES string of the molecule is CN1CC2CN(CCCN3C(=O)C4CC=C(c5ccccc5)CC4C3=O)CCN2c2ccccc21. The highest BCUT2D eigenvalue weighted by Crippen LogP contribution is 2.41. The molecule has 4 aliphatic rings. The Morgan fingerprint density at radius 1 is 0.829 bits per heavy atom. The standard InChI is InChI=1S/C29H34N4O2/c1-30-19-23-20-31(16-17-32(23)27-11-6-5-10-26(27)30)14-7-15-33-28(34)24-13-12-22(18-25(24)29(33)35)21-8-3-2-4-9-21/h2-6,8-12,23-25H,7,13-20H2,1H3. The van der Waals surface area contributed by atoms with Crippen LogP contribution in [-0.4, -0.2) is 74.0 Å². The molecule has 0 spiro atoms. The average molecular weight is 471 g/mol. The molecule has 2 aromatic rings. The first-order chi connectivity index (χ1) is 17.1. The van der Waals surface area contributed by atoms with Crippen LogP contribution in [0.2, 0.25) is 0 Å². The summed E-state index contributed by atoms with van der Waals surface area (Å²) in [6.07, 6.45) is 4.36. The maximum Gasteiger partial charge on any atom is 0.233 e. The lowest BCUT2D eigenvalue weighted by Crippen LogP contribution is -2.59. The van der Waals surface area contributed by atoms with E-state index < -0.39 is 0 Å². The summed E-state index contributed by atoms with van der Waals surface area (Å²) < 4.78 is 0. The highest BCUT2D eigenvalue weighted by molar-refractivity contribution is 6.06. The quantitative estimate of drug-likeness (QED) is 0.626. The van der Waals surface area contributed by atoms with Gasteiger partial charge in [-0.15, -0.1) is 0 Å².